The van der Waals surface area contributed by atoms with Crippen molar-refractivity contribution in [1.29, 1.82) is 0 Å². The van der Waals surface area contributed by atoms with Gasteiger partial charge in [-0.3, -0.25) is 14.5 Å². The summed E-state index contributed by atoms with van der Waals surface area (Å²) in [5, 5.41) is 21.7. The molecular formula is C28H34N2O5. The molecule has 2 saturated heterocycles. The van der Waals surface area contributed by atoms with Gasteiger partial charge < -0.3 is 19.8 Å². The van der Waals surface area contributed by atoms with Crippen molar-refractivity contribution >= 4 is 17.4 Å². The second-order valence-electron chi connectivity index (χ2n) is 10.3. The number of rotatable bonds is 5. The van der Waals surface area contributed by atoms with Gasteiger partial charge in [0.25, 0.3) is 11.7 Å². The Hall–Kier alpha value is -3.16. The van der Waals surface area contributed by atoms with Gasteiger partial charge in [0, 0.05) is 26.2 Å². The number of likely N-dealkylation sites (tertiary alicyclic amines) is 1. The van der Waals surface area contributed by atoms with E-state index in [1.165, 1.54) is 6.07 Å². The number of Topliss-reactive ketones (excluding diaryl/α,β-unsaturated/α-hetero) is 1. The third kappa shape index (κ3) is 5.11. The molecule has 0 bridgehead atoms. The number of aliphatic hydroxyl groups excluding tert-OH is 1. The van der Waals surface area contributed by atoms with Gasteiger partial charge in [-0.1, -0.05) is 56.7 Å². The molecule has 0 spiro atoms. The number of hydrogen-bond acceptors (Lipinski definition) is 6. The van der Waals surface area contributed by atoms with Crippen LogP contribution in [0.1, 0.15) is 49.1 Å². The van der Waals surface area contributed by atoms with Crippen molar-refractivity contribution in [3.05, 3.63) is 70.3 Å². The number of carbonyl (C=O) groups excluding carboxylic acids is 2. The molecule has 0 saturated carbocycles. The Morgan fingerprint density at radius 2 is 1.69 bits per heavy atom. The molecule has 1 atom stereocenters. The number of morpholine rings is 1. The summed E-state index contributed by atoms with van der Waals surface area (Å²) in [6.07, 6.45) is 0. The molecule has 0 radical (unpaired) electrons. The highest BCUT2D eigenvalue weighted by Gasteiger charge is 2.46. The fourth-order valence-electron chi connectivity index (χ4n) is 4.68. The molecule has 2 fully saturated rings. The van der Waals surface area contributed by atoms with Crippen molar-refractivity contribution in [2.24, 2.45) is 0 Å². The zero-order valence-corrected chi connectivity index (χ0v) is 20.9. The maximum atomic E-state index is 13.3. The summed E-state index contributed by atoms with van der Waals surface area (Å²) in [5.41, 5.74) is 2.78. The Morgan fingerprint density at radius 3 is 2.31 bits per heavy atom. The summed E-state index contributed by atoms with van der Waals surface area (Å²) >= 11 is 0. The molecule has 2 aromatic carbocycles. The lowest BCUT2D eigenvalue weighted by molar-refractivity contribution is -0.140. The predicted octanol–water partition coefficient (Wildman–Crippen LogP) is 3.75. The van der Waals surface area contributed by atoms with Gasteiger partial charge >= 0.3 is 0 Å². The minimum absolute atomic E-state index is 0.00128. The monoisotopic (exact) mass is 478 g/mol. The lowest BCUT2D eigenvalue weighted by Gasteiger charge is -2.31. The molecule has 2 aliphatic heterocycles. The number of amides is 1. The molecule has 0 unspecified atom stereocenters. The largest absolute Gasteiger partial charge is 0.507 e. The number of ketones is 1. The number of phenolic OH excluding ortho intramolecular Hbond substituents is 1. The van der Waals surface area contributed by atoms with Crippen molar-refractivity contribution in [3.8, 4) is 5.75 Å². The van der Waals surface area contributed by atoms with E-state index in [1.54, 1.807) is 17.0 Å². The number of carbonyl (C=O) groups is 2. The van der Waals surface area contributed by atoms with E-state index in [2.05, 4.69) is 25.7 Å². The second kappa shape index (κ2) is 9.84. The summed E-state index contributed by atoms with van der Waals surface area (Å²) in [4.78, 5) is 30.2. The summed E-state index contributed by atoms with van der Waals surface area (Å²) in [6, 6.07) is 11.9. The summed E-state index contributed by atoms with van der Waals surface area (Å²) in [7, 11) is 0. The van der Waals surface area contributed by atoms with Crippen LogP contribution in [-0.2, 0) is 19.7 Å². The van der Waals surface area contributed by atoms with E-state index >= 15 is 0 Å². The molecule has 35 heavy (non-hydrogen) atoms. The molecule has 2 heterocycles. The average Bonchev–Trinajstić information content (AvgIpc) is 3.09. The third-order valence-corrected chi connectivity index (χ3v) is 6.80. The van der Waals surface area contributed by atoms with Gasteiger partial charge in [0.15, 0.2) is 0 Å². The van der Waals surface area contributed by atoms with Crippen LogP contribution < -0.4 is 0 Å². The predicted molar refractivity (Wildman–Crippen MR) is 134 cm³/mol. The molecule has 186 valence electrons. The zero-order chi connectivity index (χ0) is 25.3. The molecule has 4 rings (SSSR count). The van der Waals surface area contributed by atoms with Crippen LogP contribution in [0, 0.1) is 6.92 Å². The molecule has 2 N–H and O–H groups in total. The van der Waals surface area contributed by atoms with E-state index in [1.807, 2.05) is 31.2 Å². The highest BCUT2D eigenvalue weighted by molar-refractivity contribution is 6.46. The zero-order valence-electron chi connectivity index (χ0n) is 20.9. The summed E-state index contributed by atoms with van der Waals surface area (Å²) in [5.74, 6) is -1.88. The quantitative estimate of drug-likeness (QED) is 0.387. The van der Waals surface area contributed by atoms with Gasteiger partial charge in [-0.2, -0.15) is 0 Å². The Bertz CT molecular complexity index is 1140. The highest BCUT2D eigenvalue weighted by Crippen LogP contribution is 2.41. The standard InChI is InChI=1S/C28H34N2O5/c1-18-5-10-22(31)21(17-18)25(32)23-24(19-6-8-20(9-7-19)28(2,3)4)30(27(34)26(23)33)12-11-29-13-15-35-16-14-29/h5-10,17,24,31-32H,11-16H2,1-4H3/t24-/m0/s1. The van der Waals surface area contributed by atoms with Crippen LogP contribution in [0.3, 0.4) is 0 Å². The molecule has 2 aliphatic rings. The number of phenols is 1. The van der Waals surface area contributed by atoms with Crippen LogP contribution in [0.4, 0.5) is 0 Å². The van der Waals surface area contributed by atoms with E-state index in [9.17, 15) is 19.8 Å². The molecule has 2 aromatic rings. The van der Waals surface area contributed by atoms with Gasteiger partial charge in [-0.05, 0) is 35.6 Å². The Morgan fingerprint density at radius 1 is 1.03 bits per heavy atom. The van der Waals surface area contributed by atoms with Crippen molar-refractivity contribution in [2.45, 2.75) is 39.2 Å². The molecule has 0 aliphatic carbocycles. The van der Waals surface area contributed by atoms with Crippen LogP contribution in [0.2, 0.25) is 0 Å². The van der Waals surface area contributed by atoms with Crippen molar-refractivity contribution in [2.75, 3.05) is 39.4 Å². The van der Waals surface area contributed by atoms with Crippen molar-refractivity contribution < 1.29 is 24.5 Å². The van der Waals surface area contributed by atoms with E-state index in [4.69, 9.17) is 4.74 Å². The minimum atomic E-state index is -0.745. The molecule has 0 aromatic heterocycles. The third-order valence-electron chi connectivity index (χ3n) is 6.80. The second-order valence-corrected chi connectivity index (χ2v) is 10.3. The SMILES string of the molecule is Cc1ccc(O)c(C(O)=C2C(=O)C(=O)N(CCN3CCOCC3)[C@H]2c2ccc(C(C)(C)C)cc2)c1. The van der Waals surface area contributed by atoms with Gasteiger partial charge in [0.1, 0.15) is 11.5 Å². The van der Waals surface area contributed by atoms with Crippen LogP contribution in [0.5, 0.6) is 5.75 Å². The van der Waals surface area contributed by atoms with Gasteiger partial charge in [0.2, 0.25) is 0 Å². The first kappa shape index (κ1) is 24.9. The molecule has 1 amide bonds. The fraction of sp³-hybridized carbons (Fsp3) is 0.429. The van der Waals surface area contributed by atoms with Gasteiger partial charge in [-0.15, -0.1) is 0 Å². The smallest absolute Gasteiger partial charge is 0.295 e. The van der Waals surface area contributed by atoms with Crippen LogP contribution in [0.15, 0.2) is 48.0 Å². The Balaban J connectivity index is 1.78. The first-order chi connectivity index (χ1) is 16.6. The lowest BCUT2D eigenvalue weighted by Crippen LogP contribution is -2.42. The van der Waals surface area contributed by atoms with Crippen molar-refractivity contribution in [1.82, 2.24) is 9.80 Å². The average molecular weight is 479 g/mol. The van der Waals surface area contributed by atoms with E-state index in [0.717, 1.165) is 29.8 Å². The number of aryl methyl sites for hydroxylation is 1. The Kier molecular flexibility index (Phi) is 7.01. The van der Waals surface area contributed by atoms with Crippen LogP contribution >= 0.6 is 0 Å². The topological polar surface area (TPSA) is 90.3 Å². The van der Waals surface area contributed by atoms with Crippen LogP contribution in [0.25, 0.3) is 5.76 Å². The number of benzene rings is 2. The van der Waals surface area contributed by atoms with Gasteiger partial charge in [0.05, 0.1) is 30.4 Å². The first-order valence-corrected chi connectivity index (χ1v) is 12.1. The maximum Gasteiger partial charge on any atom is 0.295 e. The Labute approximate surface area is 206 Å². The first-order valence-electron chi connectivity index (χ1n) is 12.1. The normalized spacial score (nSPS) is 21.0. The summed E-state index contributed by atoms with van der Waals surface area (Å²) in [6.45, 7) is 12.0. The number of ether oxygens (including phenoxy) is 1. The number of hydrogen-bond donors (Lipinski definition) is 2. The summed E-state index contributed by atoms with van der Waals surface area (Å²) < 4.78 is 5.42. The maximum absolute atomic E-state index is 13.3. The van der Waals surface area contributed by atoms with E-state index in [-0.39, 0.29) is 28.1 Å². The van der Waals surface area contributed by atoms with Gasteiger partial charge in [-0.25, -0.2) is 0 Å². The minimum Gasteiger partial charge on any atom is -0.507 e. The van der Waals surface area contributed by atoms with Crippen molar-refractivity contribution in [3.63, 3.8) is 0 Å². The number of nitrogens with zero attached hydrogens (tertiary/aromatic N) is 2. The highest BCUT2D eigenvalue weighted by atomic mass is 16.5. The number of aromatic hydroxyl groups is 1. The molecule has 7 heteroatoms. The lowest BCUT2D eigenvalue weighted by atomic mass is 9.85. The van der Waals surface area contributed by atoms with E-state index < -0.39 is 17.7 Å². The fourth-order valence-corrected chi connectivity index (χ4v) is 4.68. The van der Waals surface area contributed by atoms with Crippen LogP contribution in [-0.4, -0.2) is 71.1 Å². The molecular weight excluding hydrogens is 444 g/mol. The molecule has 7 nitrogen and oxygen atoms in total. The van der Waals surface area contributed by atoms with E-state index in [0.29, 0.717) is 26.3 Å². The number of aliphatic hydroxyl groups is 1.